The lowest BCUT2D eigenvalue weighted by molar-refractivity contribution is 0.351. The number of rotatable bonds is 7. The molecule has 0 saturated carbocycles. The maximum atomic E-state index is 5.50. The summed E-state index contributed by atoms with van der Waals surface area (Å²) in [5, 5.41) is 7.98. The van der Waals surface area contributed by atoms with Crippen LogP contribution in [0.4, 0.5) is 0 Å². The monoisotopic (exact) mass is 373 g/mol. The van der Waals surface area contributed by atoms with E-state index < -0.39 is 0 Å². The number of para-hydroxylation sites is 1. The first kappa shape index (κ1) is 20.6. The van der Waals surface area contributed by atoms with Gasteiger partial charge in [-0.15, -0.1) is 0 Å². The van der Waals surface area contributed by atoms with Crippen LogP contribution < -0.4 is 14.8 Å². The SMILES string of the molecule is CN=C(NCc1cccc(OC)c1OC)N(C)Cc1cn(C)nc1C(C)C. The molecule has 0 bridgehead atoms. The van der Waals surface area contributed by atoms with Gasteiger partial charge >= 0.3 is 0 Å². The molecule has 0 fully saturated rings. The standard InChI is InChI=1S/C20H31N5O2/c1-14(2)18-16(13-25(5)23-18)12-24(4)20(21-3)22-11-15-9-8-10-17(26-6)19(15)27-7/h8-10,13-14H,11-12H2,1-7H3,(H,21,22). The summed E-state index contributed by atoms with van der Waals surface area (Å²) in [5.74, 6) is 2.64. The molecule has 148 valence electrons. The number of aliphatic imine (C=N–C) groups is 1. The number of nitrogens with zero attached hydrogens (tertiary/aromatic N) is 4. The summed E-state index contributed by atoms with van der Waals surface area (Å²) in [4.78, 5) is 6.50. The van der Waals surface area contributed by atoms with E-state index in [0.717, 1.165) is 35.3 Å². The van der Waals surface area contributed by atoms with Crippen LogP contribution in [0.5, 0.6) is 11.5 Å². The molecule has 7 nitrogen and oxygen atoms in total. The third kappa shape index (κ3) is 4.93. The van der Waals surface area contributed by atoms with E-state index in [1.807, 2.05) is 37.0 Å². The molecule has 0 atom stereocenters. The first-order chi connectivity index (χ1) is 12.9. The van der Waals surface area contributed by atoms with Crippen LogP contribution in [-0.2, 0) is 20.1 Å². The lowest BCUT2D eigenvalue weighted by Crippen LogP contribution is -2.38. The van der Waals surface area contributed by atoms with E-state index in [4.69, 9.17) is 9.47 Å². The van der Waals surface area contributed by atoms with E-state index in [1.54, 1.807) is 21.3 Å². The highest BCUT2D eigenvalue weighted by molar-refractivity contribution is 5.79. The Bertz CT molecular complexity index is 783. The zero-order valence-corrected chi connectivity index (χ0v) is 17.4. The molecule has 1 N–H and O–H groups in total. The van der Waals surface area contributed by atoms with Crippen molar-refractivity contribution in [2.75, 3.05) is 28.3 Å². The van der Waals surface area contributed by atoms with Crippen LogP contribution in [0.2, 0.25) is 0 Å². The summed E-state index contributed by atoms with van der Waals surface area (Å²) in [6.07, 6.45) is 2.07. The van der Waals surface area contributed by atoms with E-state index >= 15 is 0 Å². The molecule has 0 spiro atoms. The van der Waals surface area contributed by atoms with Gasteiger partial charge in [0.2, 0.25) is 0 Å². The normalized spacial score (nSPS) is 11.6. The first-order valence-corrected chi connectivity index (χ1v) is 9.05. The number of hydrogen-bond acceptors (Lipinski definition) is 4. The van der Waals surface area contributed by atoms with Crippen LogP contribution in [0.3, 0.4) is 0 Å². The van der Waals surface area contributed by atoms with Crippen LogP contribution in [0.1, 0.15) is 36.6 Å². The smallest absolute Gasteiger partial charge is 0.193 e. The molecule has 0 aliphatic rings. The minimum absolute atomic E-state index is 0.380. The number of benzene rings is 1. The predicted octanol–water partition coefficient (Wildman–Crippen LogP) is 2.77. The molecule has 0 radical (unpaired) electrons. The average Bonchev–Trinajstić information content (AvgIpc) is 3.02. The third-order valence-corrected chi connectivity index (χ3v) is 4.39. The summed E-state index contributed by atoms with van der Waals surface area (Å²) >= 11 is 0. The van der Waals surface area contributed by atoms with E-state index in [9.17, 15) is 0 Å². The number of aromatic nitrogens is 2. The largest absolute Gasteiger partial charge is 0.493 e. The van der Waals surface area contributed by atoms with Crippen LogP contribution in [0.15, 0.2) is 29.4 Å². The molecule has 2 rings (SSSR count). The molecule has 2 aromatic rings. The van der Waals surface area contributed by atoms with Gasteiger partial charge in [-0.3, -0.25) is 9.67 Å². The lowest BCUT2D eigenvalue weighted by atomic mass is 10.1. The summed E-state index contributed by atoms with van der Waals surface area (Å²) < 4.78 is 12.7. The van der Waals surface area contributed by atoms with Crippen LogP contribution in [0.25, 0.3) is 0 Å². The second-order valence-electron chi connectivity index (χ2n) is 6.78. The fraction of sp³-hybridized carbons (Fsp3) is 0.500. The van der Waals surface area contributed by atoms with Crippen molar-refractivity contribution < 1.29 is 9.47 Å². The number of aryl methyl sites for hydroxylation is 1. The van der Waals surface area contributed by atoms with Gasteiger partial charge in [-0.2, -0.15) is 5.10 Å². The van der Waals surface area contributed by atoms with Crippen molar-refractivity contribution in [2.45, 2.75) is 32.9 Å². The van der Waals surface area contributed by atoms with Crippen molar-refractivity contribution in [1.29, 1.82) is 0 Å². The Balaban J connectivity index is 2.10. The number of guanidine groups is 1. The predicted molar refractivity (Wildman–Crippen MR) is 109 cm³/mol. The molecule has 7 heteroatoms. The zero-order valence-electron chi connectivity index (χ0n) is 17.4. The molecule has 1 aromatic heterocycles. The van der Waals surface area contributed by atoms with E-state index in [2.05, 4.69) is 40.4 Å². The maximum Gasteiger partial charge on any atom is 0.193 e. The van der Waals surface area contributed by atoms with Crippen LogP contribution in [-0.4, -0.2) is 49.0 Å². The summed E-state index contributed by atoms with van der Waals surface area (Å²) in [5.41, 5.74) is 3.34. The summed E-state index contributed by atoms with van der Waals surface area (Å²) in [7, 11) is 9.06. The van der Waals surface area contributed by atoms with Gasteiger partial charge in [0.1, 0.15) is 0 Å². The topological polar surface area (TPSA) is 63.9 Å². The van der Waals surface area contributed by atoms with E-state index in [0.29, 0.717) is 12.5 Å². The van der Waals surface area contributed by atoms with Gasteiger partial charge in [0.05, 0.1) is 19.9 Å². The van der Waals surface area contributed by atoms with Crippen molar-refractivity contribution in [3.05, 3.63) is 41.2 Å². The average molecular weight is 374 g/mol. The number of nitrogens with one attached hydrogen (secondary N) is 1. The maximum absolute atomic E-state index is 5.50. The fourth-order valence-corrected chi connectivity index (χ4v) is 3.15. The number of hydrogen-bond donors (Lipinski definition) is 1. The van der Waals surface area contributed by atoms with Gasteiger partial charge in [-0.25, -0.2) is 0 Å². The minimum Gasteiger partial charge on any atom is -0.493 e. The summed E-state index contributed by atoms with van der Waals surface area (Å²) in [6.45, 7) is 5.64. The lowest BCUT2D eigenvalue weighted by Gasteiger charge is -2.23. The van der Waals surface area contributed by atoms with E-state index in [-0.39, 0.29) is 0 Å². The second kappa shape index (κ2) is 9.30. The Morgan fingerprint density at radius 1 is 1.26 bits per heavy atom. The van der Waals surface area contributed by atoms with Crippen molar-refractivity contribution in [2.24, 2.45) is 12.0 Å². The van der Waals surface area contributed by atoms with Gasteiger partial charge in [0, 0.05) is 51.6 Å². The number of methoxy groups -OCH3 is 2. The van der Waals surface area contributed by atoms with Gasteiger partial charge in [0.25, 0.3) is 0 Å². The van der Waals surface area contributed by atoms with Crippen LogP contribution >= 0.6 is 0 Å². The highest BCUT2D eigenvalue weighted by atomic mass is 16.5. The van der Waals surface area contributed by atoms with Gasteiger partial charge in [-0.1, -0.05) is 26.0 Å². The molecule has 27 heavy (non-hydrogen) atoms. The highest BCUT2D eigenvalue weighted by Gasteiger charge is 2.16. The van der Waals surface area contributed by atoms with Crippen molar-refractivity contribution in [1.82, 2.24) is 20.0 Å². The van der Waals surface area contributed by atoms with Crippen molar-refractivity contribution >= 4 is 5.96 Å². The van der Waals surface area contributed by atoms with Crippen molar-refractivity contribution in [3.63, 3.8) is 0 Å². The fourth-order valence-electron chi connectivity index (χ4n) is 3.15. The quantitative estimate of drug-likeness (QED) is 0.597. The Hall–Kier alpha value is -2.70. The Labute approximate surface area is 162 Å². The van der Waals surface area contributed by atoms with E-state index in [1.165, 1.54) is 5.56 Å². The molecule has 0 amide bonds. The Kier molecular flexibility index (Phi) is 7.10. The summed E-state index contributed by atoms with van der Waals surface area (Å²) in [6, 6.07) is 5.86. The second-order valence-corrected chi connectivity index (χ2v) is 6.78. The van der Waals surface area contributed by atoms with Gasteiger partial charge < -0.3 is 19.7 Å². The third-order valence-electron chi connectivity index (χ3n) is 4.39. The molecular formula is C20H31N5O2. The zero-order chi connectivity index (χ0) is 20.0. The minimum atomic E-state index is 0.380. The Morgan fingerprint density at radius 2 is 2.00 bits per heavy atom. The van der Waals surface area contributed by atoms with Gasteiger partial charge in [0.15, 0.2) is 17.5 Å². The molecule has 0 aliphatic carbocycles. The molecule has 1 heterocycles. The highest BCUT2D eigenvalue weighted by Crippen LogP contribution is 2.30. The van der Waals surface area contributed by atoms with Crippen molar-refractivity contribution in [3.8, 4) is 11.5 Å². The molecular weight excluding hydrogens is 342 g/mol. The Morgan fingerprint density at radius 3 is 2.59 bits per heavy atom. The first-order valence-electron chi connectivity index (χ1n) is 9.05. The van der Waals surface area contributed by atoms with Crippen LogP contribution in [0, 0.1) is 0 Å². The molecule has 0 aliphatic heterocycles. The molecule has 0 unspecified atom stereocenters. The molecule has 1 aromatic carbocycles. The number of ether oxygens (including phenoxy) is 2. The molecule has 0 saturated heterocycles. The van der Waals surface area contributed by atoms with Gasteiger partial charge in [-0.05, 0) is 12.0 Å².